The van der Waals surface area contributed by atoms with Gasteiger partial charge in [0.05, 0.1) is 12.9 Å². The maximum absolute atomic E-state index is 11.6. The molecule has 0 amide bonds. The SMILES string of the molecule is COC(=O)c1ccc(CSc2nnc(-c3ccccc3)n2-c2ccccc2)o1. The van der Waals surface area contributed by atoms with Crippen LogP contribution in [0.2, 0.25) is 0 Å². The van der Waals surface area contributed by atoms with Crippen molar-refractivity contribution >= 4 is 17.7 Å². The Morgan fingerprint density at radius 2 is 1.71 bits per heavy atom. The zero-order chi connectivity index (χ0) is 19.3. The molecular weight excluding hydrogens is 374 g/mol. The molecule has 28 heavy (non-hydrogen) atoms. The van der Waals surface area contributed by atoms with Crippen LogP contribution in [0.3, 0.4) is 0 Å². The number of benzene rings is 2. The summed E-state index contributed by atoms with van der Waals surface area (Å²) in [7, 11) is 1.33. The molecule has 0 unspecified atom stereocenters. The standard InChI is InChI=1S/C21H17N3O3S/c1-26-20(25)18-13-12-17(27-18)14-28-21-23-22-19(15-8-4-2-5-9-15)24(21)16-10-6-3-7-11-16/h2-13H,14H2,1H3. The number of hydrogen-bond acceptors (Lipinski definition) is 6. The van der Waals surface area contributed by atoms with Crippen molar-refractivity contribution in [2.45, 2.75) is 10.9 Å². The highest BCUT2D eigenvalue weighted by Crippen LogP contribution is 2.30. The lowest BCUT2D eigenvalue weighted by Crippen LogP contribution is -1.99. The second-order valence-electron chi connectivity index (χ2n) is 5.89. The molecule has 0 saturated heterocycles. The van der Waals surface area contributed by atoms with Gasteiger partial charge in [-0.3, -0.25) is 4.57 Å². The summed E-state index contributed by atoms with van der Waals surface area (Å²) in [4.78, 5) is 11.6. The Bertz CT molecular complexity index is 1070. The van der Waals surface area contributed by atoms with Crippen LogP contribution in [0.25, 0.3) is 17.1 Å². The van der Waals surface area contributed by atoms with E-state index in [1.165, 1.54) is 18.9 Å². The molecule has 2 heterocycles. The van der Waals surface area contributed by atoms with E-state index in [2.05, 4.69) is 14.9 Å². The van der Waals surface area contributed by atoms with Crippen LogP contribution in [0.1, 0.15) is 16.3 Å². The summed E-state index contributed by atoms with van der Waals surface area (Å²) in [6.07, 6.45) is 0. The lowest BCUT2D eigenvalue weighted by molar-refractivity contribution is 0.0563. The quantitative estimate of drug-likeness (QED) is 0.353. The molecule has 0 N–H and O–H groups in total. The van der Waals surface area contributed by atoms with Gasteiger partial charge in [0.2, 0.25) is 5.76 Å². The third kappa shape index (κ3) is 3.70. The highest BCUT2D eigenvalue weighted by Gasteiger charge is 2.17. The first-order valence-corrected chi connectivity index (χ1v) is 9.61. The minimum Gasteiger partial charge on any atom is -0.463 e. The molecule has 7 heteroatoms. The van der Waals surface area contributed by atoms with Crippen molar-refractivity contribution in [2.75, 3.05) is 7.11 Å². The van der Waals surface area contributed by atoms with Gasteiger partial charge in [0, 0.05) is 11.3 Å². The first-order valence-electron chi connectivity index (χ1n) is 8.62. The number of carbonyl (C=O) groups excluding carboxylic acids is 1. The Balaban J connectivity index is 1.65. The number of nitrogens with zero attached hydrogens (tertiary/aromatic N) is 3. The minimum absolute atomic E-state index is 0.188. The van der Waals surface area contributed by atoms with Crippen molar-refractivity contribution in [3.05, 3.63) is 84.3 Å². The van der Waals surface area contributed by atoms with Gasteiger partial charge in [-0.25, -0.2) is 4.79 Å². The van der Waals surface area contributed by atoms with E-state index in [0.717, 1.165) is 22.2 Å². The number of methoxy groups -OCH3 is 1. The average molecular weight is 391 g/mol. The van der Waals surface area contributed by atoms with E-state index < -0.39 is 5.97 Å². The first kappa shape index (κ1) is 18.1. The van der Waals surface area contributed by atoms with Crippen LogP contribution in [0.4, 0.5) is 0 Å². The van der Waals surface area contributed by atoms with Crippen molar-refractivity contribution in [3.63, 3.8) is 0 Å². The van der Waals surface area contributed by atoms with Crippen LogP contribution in [-0.4, -0.2) is 27.8 Å². The second kappa shape index (κ2) is 8.14. The maximum atomic E-state index is 11.6. The van der Waals surface area contributed by atoms with E-state index in [-0.39, 0.29) is 5.76 Å². The Morgan fingerprint density at radius 3 is 2.43 bits per heavy atom. The molecular formula is C21H17N3O3S. The fourth-order valence-electron chi connectivity index (χ4n) is 2.75. The lowest BCUT2D eigenvalue weighted by Gasteiger charge is -2.10. The van der Waals surface area contributed by atoms with Gasteiger partial charge in [-0.1, -0.05) is 60.3 Å². The zero-order valence-corrected chi connectivity index (χ0v) is 15.9. The van der Waals surface area contributed by atoms with Gasteiger partial charge < -0.3 is 9.15 Å². The van der Waals surface area contributed by atoms with Gasteiger partial charge in [-0.15, -0.1) is 10.2 Å². The van der Waals surface area contributed by atoms with Crippen molar-refractivity contribution < 1.29 is 13.9 Å². The average Bonchev–Trinajstić information content (AvgIpc) is 3.40. The van der Waals surface area contributed by atoms with Gasteiger partial charge in [0.15, 0.2) is 11.0 Å². The molecule has 2 aromatic carbocycles. The number of aromatic nitrogens is 3. The van der Waals surface area contributed by atoms with Crippen LogP contribution in [0.5, 0.6) is 0 Å². The smallest absolute Gasteiger partial charge is 0.373 e. The van der Waals surface area contributed by atoms with Crippen LogP contribution in [0, 0.1) is 0 Å². The molecule has 0 radical (unpaired) electrons. The number of para-hydroxylation sites is 1. The normalized spacial score (nSPS) is 10.8. The predicted octanol–water partition coefficient (Wildman–Crippen LogP) is 4.61. The molecule has 0 aliphatic rings. The van der Waals surface area contributed by atoms with Gasteiger partial charge in [-0.2, -0.15) is 0 Å². The van der Waals surface area contributed by atoms with Crippen LogP contribution >= 0.6 is 11.8 Å². The van der Waals surface area contributed by atoms with Crippen LogP contribution in [0.15, 0.2) is 82.4 Å². The minimum atomic E-state index is -0.491. The molecule has 0 saturated carbocycles. The molecule has 0 spiro atoms. The second-order valence-corrected chi connectivity index (χ2v) is 6.83. The fourth-order valence-corrected chi connectivity index (χ4v) is 3.59. The Kier molecular flexibility index (Phi) is 5.25. The van der Waals surface area contributed by atoms with E-state index >= 15 is 0 Å². The van der Waals surface area contributed by atoms with Gasteiger partial charge in [-0.05, 0) is 24.3 Å². The van der Waals surface area contributed by atoms with E-state index in [1.54, 1.807) is 12.1 Å². The molecule has 0 aliphatic carbocycles. The summed E-state index contributed by atoms with van der Waals surface area (Å²) < 4.78 is 12.2. The summed E-state index contributed by atoms with van der Waals surface area (Å²) in [5, 5.41) is 9.53. The molecule has 0 bridgehead atoms. The lowest BCUT2D eigenvalue weighted by atomic mass is 10.2. The summed E-state index contributed by atoms with van der Waals surface area (Å²) in [6.45, 7) is 0. The maximum Gasteiger partial charge on any atom is 0.373 e. The highest BCUT2D eigenvalue weighted by atomic mass is 32.2. The molecule has 2 aromatic heterocycles. The molecule has 140 valence electrons. The van der Waals surface area contributed by atoms with E-state index in [0.29, 0.717) is 11.5 Å². The number of esters is 1. The topological polar surface area (TPSA) is 70.2 Å². The van der Waals surface area contributed by atoms with Crippen molar-refractivity contribution in [1.82, 2.24) is 14.8 Å². The third-order valence-electron chi connectivity index (χ3n) is 4.07. The van der Waals surface area contributed by atoms with Gasteiger partial charge in [0.25, 0.3) is 0 Å². The number of hydrogen-bond donors (Lipinski definition) is 0. The van der Waals surface area contributed by atoms with Crippen LogP contribution in [-0.2, 0) is 10.5 Å². The largest absolute Gasteiger partial charge is 0.463 e. The van der Waals surface area contributed by atoms with Crippen molar-refractivity contribution in [2.24, 2.45) is 0 Å². The Morgan fingerprint density at radius 1 is 1.00 bits per heavy atom. The summed E-state index contributed by atoms with van der Waals surface area (Å²) >= 11 is 1.49. The number of furan rings is 1. The van der Waals surface area contributed by atoms with E-state index in [1.807, 2.05) is 65.2 Å². The predicted molar refractivity (Wildman–Crippen MR) is 106 cm³/mol. The molecule has 6 nitrogen and oxygen atoms in total. The highest BCUT2D eigenvalue weighted by molar-refractivity contribution is 7.98. The number of ether oxygens (including phenoxy) is 1. The van der Waals surface area contributed by atoms with E-state index in [4.69, 9.17) is 4.42 Å². The number of thioether (sulfide) groups is 1. The molecule has 0 aliphatic heterocycles. The van der Waals surface area contributed by atoms with Gasteiger partial charge >= 0.3 is 5.97 Å². The van der Waals surface area contributed by atoms with E-state index in [9.17, 15) is 4.79 Å². The summed E-state index contributed by atoms with van der Waals surface area (Å²) in [6, 6.07) is 23.3. The first-order chi connectivity index (χ1) is 13.8. The molecule has 4 aromatic rings. The molecule has 0 fully saturated rings. The number of rotatable bonds is 6. The van der Waals surface area contributed by atoms with Gasteiger partial charge in [0.1, 0.15) is 5.76 Å². The fraction of sp³-hybridized carbons (Fsp3) is 0.0952. The monoisotopic (exact) mass is 391 g/mol. The zero-order valence-electron chi connectivity index (χ0n) is 15.1. The number of carbonyl (C=O) groups is 1. The summed E-state index contributed by atoms with van der Waals surface area (Å²) in [5.74, 6) is 1.64. The van der Waals surface area contributed by atoms with Crippen LogP contribution < -0.4 is 0 Å². The Hall–Kier alpha value is -3.32. The van der Waals surface area contributed by atoms with Crippen molar-refractivity contribution in [3.8, 4) is 17.1 Å². The summed E-state index contributed by atoms with van der Waals surface area (Å²) in [5.41, 5.74) is 1.96. The van der Waals surface area contributed by atoms with Crippen molar-refractivity contribution in [1.29, 1.82) is 0 Å². The Labute approximate surface area is 166 Å². The third-order valence-corrected chi connectivity index (χ3v) is 5.02. The molecule has 4 rings (SSSR count). The molecule has 0 atom stereocenters.